The average Bonchev–Trinajstić information content (AvgIpc) is 2.97. The Morgan fingerprint density at radius 3 is 2.62 bits per heavy atom. The van der Waals surface area contributed by atoms with Crippen molar-refractivity contribution in [2.24, 2.45) is 14.1 Å². The summed E-state index contributed by atoms with van der Waals surface area (Å²) in [6.07, 6.45) is 1.63. The molecule has 0 amide bonds. The topological polar surface area (TPSA) is 70.9 Å². The minimum absolute atomic E-state index is 0.171. The largest absolute Gasteiger partial charge is 0.242 e. The van der Waals surface area contributed by atoms with E-state index >= 15 is 0 Å². The molecule has 1 aromatic rings. The lowest BCUT2D eigenvalue weighted by molar-refractivity contribution is 0.304. The summed E-state index contributed by atoms with van der Waals surface area (Å²) in [5, 5.41) is 0. The number of rotatable bonds is 7. The molecule has 5 nitrogen and oxygen atoms in total. The first-order valence-electron chi connectivity index (χ1n) is 6.75. The smallest absolute Gasteiger partial charge is 0.210 e. The van der Waals surface area contributed by atoms with Crippen LogP contribution in [-0.4, -0.2) is 20.8 Å². The molecular formula is C13H18ClN3O2S2. The van der Waals surface area contributed by atoms with E-state index in [0.717, 1.165) is 24.2 Å². The minimum Gasteiger partial charge on any atom is -0.210 e. The van der Waals surface area contributed by atoms with Gasteiger partial charge >= 0.3 is 0 Å². The van der Waals surface area contributed by atoms with Crippen LogP contribution in [0, 0.1) is 5.41 Å². The van der Waals surface area contributed by atoms with Crippen LogP contribution in [0.3, 0.4) is 0 Å². The molecule has 2 rings (SSSR count). The number of nitrogens with zero attached hydrogens (tertiary/aromatic N) is 2. The van der Waals surface area contributed by atoms with E-state index in [0.29, 0.717) is 23.8 Å². The van der Waals surface area contributed by atoms with E-state index in [2.05, 4.69) is 13.4 Å². The Morgan fingerprint density at radius 1 is 1.29 bits per heavy atom. The molecule has 116 valence electrons. The number of hydrogen-bond donors (Lipinski definition) is 1. The van der Waals surface area contributed by atoms with Gasteiger partial charge in [0, 0.05) is 12.4 Å². The van der Waals surface area contributed by atoms with Crippen molar-refractivity contribution in [3.63, 3.8) is 0 Å². The number of halogens is 1. The third-order valence-electron chi connectivity index (χ3n) is 3.96. The lowest BCUT2D eigenvalue weighted by atomic mass is 9.85. The summed E-state index contributed by atoms with van der Waals surface area (Å²) in [6.45, 7) is 4.36. The Balaban J connectivity index is 2.25. The van der Waals surface area contributed by atoms with Crippen molar-refractivity contribution < 1.29 is 8.42 Å². The fourth-order valence-corrected chi connectivity index (χ4v) is 4.45. The molecule has 1 aliphatic heterocycles. The Labute approximate surface area is 134 Å². The van der Waals surface area contributed by atoms with E-state index in [9.17, 15) is 8.42 Å². The third-order valence-corrected chi connectivity index (χ3v) is 6.50. The lowest BCUT2D eigenvalue weighted by Gasteiger charge is -2.29. The zero-order chi connectivity index (χ0) is 15.5. The second-order valence-electron chi connectivity index (χ2n) is 5.05. The van der Waals surface area contributed by atoms with Crippen LogP contribution in [0.4, 0.5) is 11.4 Å². The summed E-state index contributed by atoms with van der Waals surface area (Å²) >= 11 is 7.03. The first kappa shape index (κ1) is 16.6. The summed E-state index contributed by atoms with van der Waals surface area (Å²) in [5.41, 5.74) is 0.792. The molecule has 0 spiro atoms. The van der Waals surface area contributed by atoms with Crippen molar-refractivity contribution in [3.05, 3.63) is 18.2 Å². The average molecular weight is 348 g/mol. The van der Waals surface area contributed by atoms with Gasteiger partial charge in [0.25, 0.3) is 0 Å². The van der Waals surface area contributed by atoms with Gasteiger partial charge in [-0.3, -0.25) is 0 Å². The molecule has 21 heavy (non-hydrogen) atoms. The molecule has 0 atom stereocenters. The molecule has 0 aromatic heterocycles. The monoisotopic (exact) mass is 347 g/mol. The molecule has 0 unspecified atom stereocenters. The van der Waals surface area contributed by atoms with Gasteiger partial charge in [0.05, 0.1) is 11.4 Å². The molecule has 0 saturated carbocycles. The number of alkyl halides is 1. The lowest BCUT2D eigenvalue weighted by Crippen LogP contribution is -2.38. The fourth-order valence-electron chi connectivity index (χ4n) is 2.06. The number of benzene rings is 1. The maximum atomic E-state index is 12.5. The van der Waals surface area contributed by atoms with Crippen LogP contribution in [0.1, 0.15) is 26.7 Å². The van der Waals surface area contributed by atoms with Gasteiger partial charge in [0.15, 0.2) is 0 Å². The maximum absolute atomic E-state index is 12.5. The second-order valence-corrected chi connectivity index (χ2v) is 7.58. The molecule has 1 N–H and O–H groups in total. The molecule has 0 aliphatic carbocycles. The highest BCUT2D eigenvalue weighted by molar-refractivity contribution is 7.89. The van der Waals surface area contributed by atoms with Gasteiger partial charge in [-0.2, -0.15) is 8.73 Å². The zero-order valence-corrected chi connectivity index (χ0v) is 14.4. The number of fused-ring (bicyclic) bond motifs is 1. The maximum Gasteiger partial charge on any atom is 0.242 e. The van der Waals surface area contributed by atoms with Crippen molar-refractivity contribution in [1.82, 2.24) is 4.72 Å². The molecule has 0 saturated heterocycles. The van der Waals surface area contributed by atoms with Gasteiger partial charge in [-0.25, -0.2) is 13.1 Å². The van der Waals surface area contributed by atoms with Crippen molar-refractivity contribution >= 4 is 44.4 Å². The van der Waals surface area contributed by atoms with Crippen LogP contribution in [0.5, 0.6) is 0 Å². The van der Waals surface area contributed by atoms with E-state index in [-0.39, 0.29) is 10.3 Å². The SMILES string of the molecule is CCC(CC)(CCl)CNS(=O)(=O)c1cccc2c1N=S=N2. The normalized spacial score (nSPS) is 14.0. The van der Waals surface area contributed by atoms with Crippen molar-refractivity contribution in [2.75, 3.05) is 12.4 Å². The van der Waals surface area contributed by atoms with Gasteiger partial charge in [0.1, 0.15) is 16.3 Å². The predicted octanol–water partition coefficient (Wildman–Crippen LogP) is 3.74. The highest BCUT2D eigenvalue weighted by Gasteiger charge is 2.29. The van der Waals surface area contributed by atoms with E-state index in [1.165, 1.54) is 0 Å². The van der Waals surface area contributed by atoms with Crippen LogP contribution >= 0.6 is 11.6 Å². The molecule has 1 heterocycles. The summed E-state index contributed by atoms with van der Waals surface area (Å²) in [6, 6.07) is 4.97. The van der Waals surface area contributed by atoms with E-state index in [4.69, 9.17) is 11.6 Å². The van der Waals surface area contributed by atoms with Crippen molar-refractivity contribution in [1.29, 1.82) is 0 Å². The Kier molecular flexibility index (Phi) is 5.19. The zero-order valence-electron chi connectivity index (χ0n) is 12.0. The first-order valence-corrected chi connectivity index (χ1v) is 9.50. The Bertz CT molecular complexity index is 685. The third kappa shape index (κ3) is 3.36. The highest BCUT2D eigenvalue weighted by Crippen LogP contribution is 2.37. The first-order chi connectivity index (χ1) is 9.98. The summed E-state index contributed by atoms with van der Waals surface area (Å²) < 4.78 is 35.9. The number of nitrogens with one attached hydrogen (secondary N) is 1. The van der Waals surface area contributed by atoms with E-state index in [1.807, 2.05) is 13.8 Å². The van der Waals surface area contributed by atoms with Crippen LogP contribution in [0.25, 0.3) is 0 Å². The molecule has 0 bridgehead atoms. The summed E-state index contributed by atoms with van der Waals surface area (Å²) in [5.74, 6) is 0.422. The van der Waals surface area contributed by atoms with Gasteiger partial charge in [0.2, 0.25) is 10.0 Å². The summed E-state index contributed by atoms with van der Waals surface area (Å²) in [4.78, 5) is 0.171. The van der Waals surface area contributed by atoms with Crippen LogP contribution in [0.2, 0.25) is 0 Å². The molecule has 1 aromatic carbocycles. The Hall–Kier alpha value is -0.760. The van der Waals surface area contributed by atoms with Gasteiger partial charge < -0.3 is 0 Å². The molecule has 1 aliphatic rings. The Morgan fingerprint density at radius 2 is 2.00 bits per heavy atom. The standard InChI is InChI=1S/C13H18ClN3O2S2/c1-3-13(4-2,8-14)9-15-21(18,19)11-7-5-6-10-12(11)17-20-16-10/h5-7,15H,3-4,8-9H2,1-2H3. The molecule has 0 fully saturated rings. The fraction of sp³-hybridized carbons (Fsp3) is 0.538. The van der Waals surface area contributed by atoms with E-state index in [1.54, 1.807) is 18.2 Å². The number of hydrogen-bond acceptors (Lipinski definition) is 4. The van der Waals surface area contributed by atoms with Crippen LogP contribution < -0.4 is 4.72 Å². The number of sulfonamides is 1. The summed E-state index contributed by atoms with van der Waals surface area (Å²) in [7, 11) is -3.62. The van der Waals surface area contributed by atoms with Crippen LogP contribution in [0.15, 0.2) is 31.8 Å². The molecular weight excluding hydrogens is 330 g/mol. The van der Waals surface area contributed by atoms with Crippen molar-refractivity contribution in [2.45, 2.75) is 31.6 Å². The van der Waals surface area contributed by atoms with Gasteiger partial charge in [-0.05, 0) is 30.4 Å². The van der Waals surface area contributed by atoms with E-state index < -0.39 is 10.0 Å². The predicted molar refractivity (Wildman–Crippen MR) is 86.9 cm³/mol. The van der Waals surface area contributed by atoms with Gasteiger partial charge in [-0.15, -0.1) is 11.6 Å². The minimum atomic E-state index is -3.62. The van der Waals surface area contributed by atoms with Gasteiger partial charge in [-0.1, -0.05) is 19.9 Å². The van der Waals surface area contributed by atoms with Crippen LogP contribution in [-0.2, 0) is 21.4 Å². The highest BCUT2D eigenvalue weighted by atomic mass is 35.5. The molecule has 8 heteroatoms. The molecule has 0 radical (unpaired) electrons. The second kappa shape index (κ2) is 6.56. The van der Waals surface area contributed by atoms with Crippen molar-refractivity contribution in [3.8, 4) is 0 Å². The quantitative estimate of drug-likeness (QED) is 0.775.